The van der Waals surface area contributed by atoms with Crippen LogP contribution in [0.5, 0.6) is 0 Å². The van der Waals surface area contributed by atoms with Gasteiger partial charge in [0, 0.05) is 11.1 Å². The first-order valence-electron chi connectivity index (χ1n) is 7.87. The van der Waals surface area contributed by atoms with Gasteiger partial charge in [-0.3, -0.25) is 9.59 Å². The second-order valence-corrected chi connectivity index (χ2v) is 6.87. The van der Waals surface area contributed by atoms with Crippen molar-refractivity contribution in [1.29, 1.82) is 0 Å². The third-order valence-electron chi connectivity index (χ3n) is 3.60. The van der Waals surface area contributed by atoms with E-state index in [0.29, 0.717) is 21.3 Å². The second kappa shape index (κ2) is 7.98. The monoisotopic (exact) mass is 410 g/mol. The fourth-order valence-corrected chi connectivity index (χ4v) is 3.73. The summed E-state index contributed by atoms with van der Waals surface area (Å²) in [6.07, 6.45) is 0. The fraction of sp³-hybridized carbons (Fsp3) is 0.167. The molecule has 0 aliphatic rings. The van der Waals surface area contributed by atoms with Gasteiger partial charge in [-0.2, -0.15) is 4.99 Å². The quantitative estimate of drug-likeness (QED) is 0.612. The summed E-state index contributed by atoms with van der Waals surface area (Å²) in [5.74, 6) is -3.19. The number of thiazole rings is 1. The number of hydrogen-bond donors (Lipinski definition) is 0. The summed E-state index contributed by atoms with van der Waals surface area (Å²) in [5.41, 5.74) is 0.262. The van der Waals surface area contributed by atoms with E-state index in [1.54, 1.807) is 25.1 Å². The van der Waals surface area contributed by atoms with E-state index in [2.05, 4.69) is 4.99 Å². The molecule has 0 aliphatic carbocycles. The van der Waals surface area contributed by atoms with Crippen LogP contribution in [0.3, 0.4) is 0 Å². The first-order valence-corrected chi connectivity index (χ1v) is 9.07. The van der Waals surface area contributed by atoms with E-state index in [-0.39, 0.29) is 23.5 Å². The van der Waals surface area contributed by atoms with Gasteiger partial charge in [0.2, 0.25) is 0 Å². The van der Waals surface area contributed by atoms with Gasteiger partial charge in [-0.05, 0) is 37.3 Å². The molecule has 0 fully saturated rings. The van der Waals surface area contributed by atoms with Gasteiger partial charge in [-0.25, -0.2) is 8.78 Å². The molecule has 0 bridgehead atoms. The number of fused-ring (bicyclic) bond motifs is 1. The zero-order valence-corrected chi connectivity index (χ0v) is 15.6. The summed E-state index contributed by atoms with van der Waals surface area (Å²) >= 11 is 7.11. The molecular weight excluding hydrogens is 398 g/mol. The molecule has 9 heteroatoms. The third kappa shape index (κ3) is 4.23. The summed E-state index contributed by atoms with van der Waals surface area (Å²) in [4.78, 5) is 28.4. The van der Waals surface area contributed by atoms with Gasteiger partial charge in [0.05, 0.1) is 22.4 Å². The molecular formula is C18H13ClF2N2O3S. The smallest absolute Gasteiger partial charge is 0.326 e. The third-order valence-corrected chi connectivity index (χ3v) is 4.87. The first kappa shape index (κ1) is 19.2. The molecule has 5 nitrogen and oxygen atoms in total. The molecule has 3 rings (SSSR count). The second-order valence-electron chi connectivity index (χ2n) is 5.43. The van der Waals surface area contributed by atoms with Crippen LogP contribution in [0.1, 0.15) is 17.3 Å². The Hall–Kier alpha value is -2.58. The molecule has 0 unspecified atom stereocenters. The van der Waals surface area contributed by atoms with E-state index in [1.165, 1.54) is 4.57 Å². The average molecular weight is 411 g/mol. The molecule has 0 atom stereocenters. The van der Waals surface area contributed by atoms with Gasteiger partial charge in [0.25, 0.3) is 5.91 Å². The van der Waals surface area contributed by atoms with Gasteiger partial charge >= 0.3 is 5.97 Å². The summed E-state index contributed by atoms with van der Waals surface area (Å²) < 4.78 is 34.0. The topological polar surface area (TPSA) is 60.7 Å². The number of benzene rings is 2. The lowest BCUT2D eigenvalue weighted by Gasteiger charge is -2.05. The summed E-state index contributed by atoms with van der Waals surface area (Å²) in [7, 11) is 0. The maximum absolute atomic E-state index is 13.9. The standard InChI is InChI=1S/C18H13ClF2N2O3S/c1-2-26-16(24)9-23-14-6-3-10(19)7-15(14)27-18(23)22-17(25)12-5-4-11(20)8-13(12)21/h3-8H,2,9H2,1H3. The number of amides is 1. The summed E-state index contributed by atoms with van der Waals surface area (Å²) in [6.45, 7) is 1.72. The maximum atomic E-state index is 13.9. The Morgan fingerprint density at radius 2 is 2.00 bits per heavy atom. The highest BCUT2D eigenvalue weighted by Gasteiger charge is 2.15. The van der Waals surface area contributed by atoms with Crippen molar-refractivity contribution in [2.24, 2.45) is 4.99 Å². The highest BCUT2D eigenvalue weighted by Crippen LogP contribution is 2.22. The van der Waals surface area contributed by atoms with E-state index < -0.39 is 23.5 Å². The van der Waals surface area contributed by atoms with E-state index in [0.717, 1.165) is 23.5 Å². The van der Waals surface area contributed by atoms with Gasteiger partial charge < -0.3 is 9.30 Å². The van der Waals surface area contributed by atoms with Crippen LogP contribution >= 0.6 is 22.9 Å². The molecule has 27 heavy (non-hydrogen) atoms. The van der Waals surface area contributed by atoms with Gasteiger partial charge in [-0.1, -0.05) is 22.9 Å². The molecule has 0 spiro atoms. The number of hydrogen-bond acceptors (Lipinski definition) is 4. The molecule has 0 aliphatic heterocycles. The Morgan fingerprint density at radius 1 is 1.22 bits per heavy atom. The molecule has 1 amide bonds. The van der Waals surface area contributed by atoms with E-state index in [1.807, 2.05) is 0 Å². The fourth-order valence-electron chi connectivity index (χ4n) is 2.43. The minimum Gasteiger partial charge on any atom is -0.465 e. The van der Waals surface area contributed by atoms with E-state index in [4.69, 9.17) is 16.3 Å². The van der Waals surface area contributed by atoms with Crippen molar-refractivity contribution >= 4 is 45.0 Å². The van der Waals surface area contributed by atoms with Crippen LogP contribution in [0.15, 0.2) is 41.4 Å². The normalized spacial score (nSPS) is 11.8. The van der Waals surface area contributed by atoms with E-state index in [9.17, 15) is 18.4 Å². The Balaban J connectivity index is 2.12. The average Bonchev–Trinajstić information content (AvgIpc) is 2.91. The largest absolute Gasteiger partial charge is 0.465 e. The lowest BCUT2D eigenvalue weighted by atomic mass is 10.2. The number of ether oxygens (including phenoxy) is 1. The molecule has 1 heterocycles. The zero-order chi connectivity index (χ0) is 19.6. The highest BCUT2D eigenvalue weighted by molar-refractivity contribution is 7.16. The summed E-state index contributed by atoms with van der Waals surface area (Å²) in [6, 6.07) is 7.61. The molecule has 3 aromatic rings. The van der Waals surface area contributed by atoms with Crippen LogP contribution in [-0.4, -0.2) is 23.1 Å². The van der Waals surface area contributed by atoms with E-state index >= 15 is 0 Å². The first-order chi connectivity index (χ1) is 12.9. The van der Waals surface area contributed by atoms with Crippen molar-refractivity contribution in [2.75, 3.05) is 6.61 Å². The SMILES string of the molecule is CCOC(=O)Cn1c(=NC(=O)c2ccc(F)cc2F)sc2cc(Cl)ccc21. The molecule has 0 radical (unpaired) electrons. The van der Waals surface area contributed by atoms with Crippen molar-refractivity contribution in [2.45, 2.75) is 13.5 Å². The lowest BCUT2D eigenvalue weighted by molar-refractivity contribution is -0.143. The van der Waals surface area contributed by atoms with Gasteiger partial charge in [0.15, 0.2) is 4.80 Å². The number of rotatable bonds is 4. The molecule has 1 aromatic heterocycles. The zero-order valence-electron chi connectivity index (χ0n) is 14.0. The van der Waals surface area contributed by atoms with Crippen molar-refractivity contribution in [3.8, 4) is 0 Å². The van der Waals surface area contributed by atoms with Crippen LogP contribution in [0.2, 0.25) is 5.02 Å². The number of nitrogens with zero attached hydrogens (tertiary/aromatic N) is 2. The van der Waals surface area contributed by atoms with Crippen LogP contribution in [0.4, 0.5) is 8.78 Å². The van der Waals surface area contributed by atoms with Gasteiger partial charge in [0.1, 0.15) is 18.2 Å². The van der Waals surface area contributed by atoms with Crippen molar-refractivity contribution in [1.82, 2.24) is 4.57 Å². The predicted molar refractivity (Wildman–Crippen MR) is 97.7 cm³/mol. The summed E-state index contributed by atoms with van der Waals surface area (Å²) in [5, 5.41) is 0.481. The highest BCUT2D eigenvalue weighted by atomic mass is 35.5. The van der Waals surface area contributed by atoms with Crippen LogP contribution in [0, 0.1) is 11.6 Å². The van der Waals surface area contributed by atoms with Gasteiger partial charge in [-0.15, -0.1) is 0 Å². The predicted octanol–water partition coefficient (Wildman–Crippen LogP) is 3.94. The van der Waals surface area contributed by atoms with Crippen molar-refractivity contribution in [3.63, 3.8) is 0 Å². The van der Waals surface area contributed by atoms with Crippen molar-refractivity contribution in [3.05, 3.63) is 63.4 Å². The van der Waals surface area contributed by atoms with Crippen LogP contribution in [-0.2, 0) is 16.1 Å². The maximum Gasteiger partial charge on any atom is 0.326 e. The minimum atomic E-state index is -1.01. The molecule has 0 N–H and O–H groups in total. The Bertz CT molecular complexity index is 1110. The number of halogens is 3. The molecule has 0 saturated carbocycles. The van der Waals surface area contributed by atoms with Crippen LogP contribution in [0.25, 0.3) is 10.2 Å². The molecule has 2 aromatic carbocycles. The Kier molecular flexibility index (Phi) is 5.67. The minimum absolute atomic E-state index is 0.173. The Morgan fingerprint density at radius 3 is 2.70 bits per heavy atom. The molecule has 140 valence electrons. The Labute approximate surface area is 161 Å². The number of aromatic nitrogens is 1. The number of esters is 1. The number of carbonyl (C=O) groups is 2. The number of carbonyl (C=O) groups excluding carboxylic acids is 2. The molecule has 0 saturated heterocycles. The van der Waals surface area contributed by atoms with Crippen LogP contribution < -0.4 is 4.80 Å². The van der Waals surface area contributed by atoms with Crippen molar-refractivity contribution < 1.29 is 23.1 Å². The lowest BCUT2D eigenvalue weighted by Crippen LogP contribution is -2.23.